The first-order chi connectivity index (χ1) is 11.4. The molecule has 0 bridgehead atoms. The van der Waals surface area contributed by atoms with Crippen LogP contribution in [0.2, 0.25) is 0 Å². The Balaban J connectivity index is 2.56. The van der Waals surface area contributed by atoms with Crippen molar-refractivity contribution in [2.24, 2.45) is 0 Å². The van der Waals surface area contributed by atoms with Gasteiger partial charge in [-0.2, -0.15) is 0 Å². The number of aryl methyl sites for hydroxylation is 1. The summed E-state index contributed by atoms with van der Waals surface area (Å²) in [5.41, 5.74) is 1.13. The van der Waals surface area contributed by atoms with E-state index in [1.165, 1.54) is 19.1 Å². The number of nitrogens with zero attached hydrogens (tertiary/aromatic N) is 1. The van der Waals surface area contributed by atoms with Crippen LogP contribution in [0.3, 0.4) is 0 Å². The molecule has 24 heavy (non-hydrogen) atoms. The van der Waals surface area contributed by atoms with Gasteiger partial charge in [-0.15, -0.1) is 0 Å². The molecule has 2 amide bonds. The number of carbonyl (C=O) groups excluding carboxylic acids is 3. The van der Waals surface area contributed by atoms with Gasteiger partial charge in [-0.1, -0.05) is 18.6 Å². The second kappa shape index (κ2) is 9.54. The van der Waals surface area contributed by atoms with Crippen molar-refractivity contribution in [1.29, 1.82) is 0 Å². The second-order valence-corrected chi connectivity index (χ2v) is 5.38. The molecule has 7 nitrogen and oxygen atoms in total. The molecule has 0 aliphatic carbocycles. The van der Waals surface area contributed by atoms with Crippen LogP contribution >= 0.6 is 0 Å². The van der Waals surface area contributed by atoms with Crippen molar-refractivity contribution < 1.29 is 23.9 Å². The molecule has 0 aliphatic rings. The lowest BCUT2D eigenvalue weighted by atomic mass is 10.1. The average molecular weight is 336 g/mol. The summed E-state index contributed by atoms with van der Waals surface area (Å²) < 4.78 is 10.1. The summed E-state index contributed by atoms with van der Waals surface area (Å²) >= 11 is 0. The van der Waals surface area contributed by atoms with Gasteiger partial charge in [0.1, 0.15) is 11.3 Å². The summed E-state index contributed by atoms with van der Waals surface area (Å²) in [6, 6.07) is 5.11. The van der Waals surface area contributed by atoms with Crippen LogP contribution < -0.4 is 10.1 Å². The average Bonchev–Trinajstić information content (AvgIpc) is 2.57. The van der Waals surface area contributed by atoms with Crippen LogP contribution in [0.4, 0.5) is 0 Å². The molecule has 0 saturated heterocycles. The number of methoxy groups -OCH3 is 1. The fourth-order valence-corrected chi connectivity index (χ4v) is 1.92. The van der Waals surface area contributed by atoms with Gasteiger partial charge in [0.2, 0.25) is 5.91 Å². The van der Waals surface area contributed by atoms with Gasteiger partial charge in [0.15, 0.2) is 6.61 Å². The predicted molar refractivity (Wildman–Crippen MR) is 89.0 cm³/mol. The number of rotatable bonds is 8. The minimum Gasteiger partial charge on any atom is -0.496 e. The Hall–Kier alpha value is -2.57. The van der Waals surface area contributed by atoms with E-state index in [2.05, 4.69) is 5.32 Å². The number of benzene rings is 1. The predicted octanol–water partition coefficient (Wildman–Crippen LogP) is 1.15. The Kier molecular flexibility index (Phi) is 7.74. The Morgan fingerprint density at radius 1 is 1.25 bits per heavy atom. The van der Waals surface area contributed by atoms with Gasteiger partial charge in [-0.25, -0.2) is 4.79 Å². The van der Waals surface area contributed by atoms with Crippen LogP contribution in [0.25, 0.3) is 0 Å². The lowest BCUT2D eigenvalue weighted by molar-refractivity contribution is -0.137. The van der Waals surface area contributed by atoms with Crippen molar-refractivity contribution >= 4 is 17.8 Å². The highest BCUT2D eigenvalue weighted by atomic mass is 16.5. The van der Waals surface area contributed by atoms with Crippen LogP contribution in [0.1, 0.15) is 29.3 Å². The van der Waals surface area contributed by atoms with E-state index in [9.17, 15) is 14.4 Å². The summed E-state index contributed by atoms with van der Waals surface area (Å²) in [7, 11) is 2.93. The molecule has 0 radical (unpaired) electrons. The molecule has 1 aromatic rings. The van der Waals surface area contributed by atoms with Crippen LogP contribution in [0, 0.1) is 6.92 Å². The van der Waals surface area contributed by atoms with E-state index in [-0.39, 0.29) is 18.0 Å². The van der Waals surface area contributed by atoms with Crippen molar-refractivity contribution in [3.8, 4) is 5.75 Å². The van der Waals surface area contributed by atoms with Gasteiger partial charge < -0.3 is 19.7 Å². The molecule has 1 aromatic carbocycles. The highest BCUT2D eigenvalue weighted by Gasteiger charge is 2.18. The van der Waals surface area contributed by atoms with Gasteiger partial charge in [-0.05, 0) is 25.5 Å². The van der Waals surface area contributed by atoms with E-state index >= 15 is 0 Å². The Bertz CT molecular complexity index is 601. The lowest BCUT2D eigenvalue weighted by Crippen LogP contribution is -2.40. The minimum atomic E-state index is -0.646. The summed E-state index contributed by atoms with van der Waals surface area (Å²) in [6.45, 7) is 3.82. The second-order valence-electron chi connectivity index (χ2n) is 5.38. The molecule has 0 fully saturated rings. The molecular formula is C17H24N2O5. The smallest absolute Gasteiger partial charge is 0.342 e. The van der Waals surface area contributed by atoms with Crippen molar-refractivity contribution in [3.63, 3.8) is 0 Å². The molecule has 1 N–H and O–H groups in total. The topological polar surface area (TPSA) is 84.9 Å². The van der Waals surface area contributed by atoms with Gasteiger partial charge >= 0.3 is 5.97 Å². The summed E-state index contributed by atoms with van der Waals surface area (Å²) in [4.78, 5) is 36.8. The summed E-state index contributed by atoms with van der Waals surface area (Å²) in [6.07, 6.45) is 0.819. The molecule has 132 valence electrons. The number of carbonyl (C=O) groups is 3. The van der Waals surface area contributed by atoms with E-state index in [0.717, 1.165) is 12.0 Å². The third kappa shape index (κ3) is 5.91. The van der Waals surface area contributed by atoms with Gasteiger partial charge in [0.05, 0.1) is 13.7 Å². The molecule has 0 aliphatic heterocycles. The first-order valence-electron chi connectivity index (χ1n) is 7.71. The van der Waals surface area contributed by atoms with Crippen LogP contribution in [-0.4, -0.2) is 56.5 Å². The molecule has 0 heterocycles. The Labute approximate surface area is 141 Å². The number of nitrogens with one attached hydrogen (secondary N) is 1. The van der Waals surface area contributed by atoms with E-state index in [1.54, 1.807) is 12.1 Å². The molecular weight excluding hydrogens is 312 g/mol. The zero-order valence-electron chi connectivity index (χ0n) is 14.5. The lowest BCUT2D eigenvalue weighted by Gasteiger charge is -2.17. The SMILES string of the molecule is CCCNC(=O)CN(C)C(=O)COC(=O)c1cc(C)ccc1OC. The monoisotopic (exact) mass is 336 g/mol. The highest BCUT2D eigenvalue weighted by molar-refractivity contribution is 5.94. The standard InChI is InChI=1S/C17H24N2O5/c1-5-8-18-15(20)10-19(3)16(21)11-24-17(22)13-9-12(2)6-7-14(13)23-4/h6-7,9H,5,8,10-11H2,1-4H3,(H,18,20). The number of hydrogen-bond acceptors (Lipinski definition) is 5. The zero-order chi connectivity index (χ0) is 18.1. The van der Waals surface area contributed by atoms with Gasteiger partial charge in [-0.3, -0.25) is 9.59 Å². The van der Waals surface area contributed by atoms with Crippen molar-refractivity contribution in [3.05, 3.63) is 29.3 Å². The third-order valence-electron chi connectivity index (χ3n) is 3.28. The van der Waals surface area contributed by atoms with Crippen LogP contribution in [0.5, 0.6) is 5.75 Å². The molecule has 0 aromatic heterocycles. The Morgan fingerprint density at radius 2 is 1.96 bits per heavy atom. The van der Waals surface area contributed by atoms with Gasteiger partial charge in [0, 0.05) is 13.6 Å². The maximum absolute atomic E-state index is 12.1. The van der Waals surface area contributed by atoms with E-state index < -0.39 is 18.5 Å². The fraction of sp³-hybridized carbons (Fsp3) is 0.471. The van der Waals surface area contributed by atoms with Crippen molar-refractivity contribution in [2.75, 3.05) is 33.9 Å². The Morgan fingerprint density at radius 3 is 2.58 bits per heavy atom. The summed E-state index contributed by atoms with van der Waals surface area (Å²) in [5.74, 6) is -0.973. The molecule has 0 unspecified atom stereocenters. The number of esters is 1. The van der Waals surface area contributed by atoms with Crippen molar-refractivity contribution in [1.82, 2.24) is 10.2 Å². The third-order valence-corrected chi connectivity index (χ3v) is 3.28. The number of likely N-dealkylation sites (N-methyl/N-ethyl adjacent to an activating group) is 1. The first kappa shape index (κ1) is 19.5. The maximum atomic E-state index is 12.1. The molecule has 7 heteroatoms. The minimum absolute atomic E-state index is 0.0792. The fourth-order valence-electron chi connectivity index (χ4n) is 1.92. The largest absolute Gasteiger partial charge is 0.496 e. The quantitative estimate of drug-likeness (QED) is 0.720. The number of hydrogen-bond donors (Lipinski definition) is 1. The number of ether oxygens (including phenoxy) is 2. The molecule has 0 saturated carbocycles. The highest BCUT2D eigenvalue weighted by Crippen LogP contribution is 2.20. The maximum Gasteiger partial charge on any atom is 0.342 e. The van der Waals surface area contributed by atoms with Crippen molar-refractivity contribution in [2.45, 2.75) is 20.3 Å². The molecule has 1 rings (SSSR count). The zero-order valence-corrected chi connectivity index (χ0v) is 14.5. The van der Waals surface area contributed by atoms with E-state index in [1.807, 2.05) is 19.9 Å². The molecule has 0 spiro atoms. The van der Waals surface area contributed by atoms with Crippen LogP contribution in [0.15, 0.2) is 18.2 Å². The van der Waals surface area contributed by atoms with Crippen LogP contribution in [-0.2, 0) is 14.3 Å². The normalized spacial score (nSPS) is 10.0. The number of amides is 2. The van der Waals surface area contributed by atoms with E-state index in [4.69, 9.17) is 9.47 Å². The molecule has 0 atom stereocenters. The van der Waals surface area contributed by atoms with E-state index in [0.29, 0.717) is 12.3 Å². The summed E-state index contributed by atoms with van der Waals surface area (Å²) in [5, 5.41) is 2.67. The van der Waals surface area contributed by atoms with Gasteiger partial charge in [0.25, 0.3) is 5.91 Å². The first-order valence-corrected chi connectivity index (χ1v) is 7.71.